The molecule has 310 valence electrons. The van der Waals surface area contributed by atoms with Crippen molar-refractivity contribution in [1.29, 1.82) is 0 Å². The minimum atomic E-state index is 0.111. The van der Waals surface area contributed by atoms with Crippen LogP contribution < -0.4 is 5.32 Å². The van der Waals surface area contributed by atoms with Gasteiger partial charge in [0.25, 0.3) is 0 Å². The van der Waals surface area contributed by atoms with E-state index in [-0.39, 0.29) is 5.54 Å². The Morgan fingerprint density at radius 1 is 0.318 bits per heavy atom. The molecule has 0 unspecified atom stereocenters. The predicted molar refractivity (Wildman–Crippen MR) is 278 cm³/mol. The molecule has 0 amide bonds. The van der Waals surface area contributed by atoms with Crippen molar-refractivity contribution in [2.45, 2.75) is 12.0 Å². The van der Waals surface area contributed by atoms with Gasteiger partial charge in [-0.2, -0.15) is 0 Å². The maximum atomic E-state index is 3.73. The molecule has 1 fully saturated rings. The summed E-state index contributed by atoms with van der Waals surface area (Å²) in [5.41, 5.74) is 23.2. The number of nitrogens with zero attached hydrogens (tertiary/aromatic N) is 1. The van der Waals surface area contributed by atoms with E-state index in [4.69, 9.17) is 0 Å². The summed E-state index contributed by atoms with van der Waals surface area (Å²) in [6.07, 6.45) is 3.60. The number of rotatable bonds is 10. The quantitative estimate of drug-likeness (QED) is 0.136. The summed E-state index contributed by atoms with van der Waals surface area (Å²) in [5.74, 6) is 0. The van der Waals surface area contributed by atoms with Gasteiger partial charge < -0.3 is 9.88 Å². The van der Waals surface area contributed by atoms with Gasteiger partial charge >= 0.3 is 0 Å². The molecule has 1 heterocycles. The largest absolute Gasteiger partial charge is 0.355 e. The topological polar surface area (TPSA) is 17.0 Å². The van der Waals surface area contributed by atoms with Gasteiger partial charge in [-0.15, -0.1) is 0 Å². The van der Waals surface area contributed by atoms with Crippen LogP contribution in [0.25, 0.3) is 99.7 Å². The number of para-hydroxylation sites is 1. The van der Waals surface area contributed by atoms with Crippen LogP contribution in [0.2, 0.25) is 0 Å². The summed E-state index contributed by atoms with van der Waals surface area (Å²) < 4.78 is 2.59. The molecule has 2 aliphatic carbocycles. The van der Waals surface area contributed by atoms with Gasteiger partial charge in [-0.25, -0.2) is 0 Å². The highest BCUT2D eigenvalue weighted by Gasteiger charge is 2.62. The molecule has 0 radical (unpaired) electrons. The Hall–Kier alpha value is -8.46. The van der Waals surface area contributed by atoms with E-state index >= 15 is 0 Å². The maximum absolute atomic E-state index is 3.73. The normalized spacial score (nSPS) is 14.8. The van der Waals surface area contributed by atoms with Crippen LogP contribution in [0.3, 0.4) is 0 Å². The lowest BCUT2D eigenvalue weighted by molar-refractivity contribution is 0.712. The number of anilines is 2. The highest BCUT2D eigenvalue weighted by Crippen LogP contribution is 2.67. The lowest BCUT2D eigenvalue weighted by Crippen LogP contribution is -2.06. The van der Waals surface area contributed by atoms with Crippen LogP contribution in [0.4, 0.5) is 11.4 Å². The second-order valence-corrected chi connectivity index (χ2v) is 17.9. The zero-order chi connectivity index (χ0) is 43.6. The van der Waals surface area contributed by atoms with Crippen LogP contribution in [-0.4, -0.2) is 4.57 Å². The monoisotopic (exact) mass is 840 g/mol. The Labute approximate surface area is 385 Å². The predicted octanol–water partition coefficient (Wildman–Crippen LogP) is 17.2. The number of fused-ring (bicyclic) bond motifs is 4. The highest BCUT2D eigenvalue weighted by molar-refractivity contribution is 6.11. The third kappa shape index (κ3) is 6.74. The number of hydrogen-bond donors (Lipinski definition) is 1. The molecule has 1 aromatic heterocycles. The summed E-state index contributed by atoms with van der Waals surface area (Å²) in [5, 5.41) is 6.33. The van der Waals surface area contributed by atoms with Crippen LogP contribution in [0.15, 0.2) is 254 Å². The molecule has 0 spiro atoms. The molecule has 1 atom stereocenters. The summed E-state index contributed by atoms with van der Waals surface area (Å²) in [7, 11) is 0. The van der Waals surface area contributed by atoms with Gasteiger partial charge in [0.15, 0.2) is 0 Å². The van der Waals surface area contributed by atoms with Gasteiger partial charge in [-0.1, -0.05) is 182 Å². The average molecular weight is 841 g/mol. The fraction of sp³-hybridized carbons (Fsp3) is 0.0312. The van der Waals surface area contributed by atoms with Crippen molar-refractivity contribution in [2.24, 2.45) is 0 Å². The molecule has 2 nitrogen and oxygen atoms in total. The number of hydrogen-bond acceptors (Lipinski definition) is 1. The number of aromatic nitrogens is 1. The van der Waals surface area contributed by atoms with Gasteiger partial charge in [-0.05, 0) is 145 Å². The molecule has 0 aliphatic heterocycles. The summed E-state index contributed by atoms with van der Waals surface area (Å²) in [6.45, 7) is 0. The summed E-state index contributed by atoms with van der Waals surface area (Å²) in [4.78, 5) is 0. The molecule has 1 N–H and O–H groups in total. The van der Waals surface area contributed by atoms with E-state index in [0.29, 0.717) is 0 Å². The van der Waals surface area contributed by atoms with Crippen molar-refractivity contribution in [3.05, 3.63) is 254 Å². The molecule has 0 bridgehead atoms. The van der Waals surface area contributed by atoms with Gasteiger partial charge in [0.05, 0.1) is 16.6 Å². The van der Waals surface area contributed by atoms with E-state index in [2.05, 4.69) is 259 Å². The van der Waals surface area contributed by atoms with E-state index in [1.54, 1.807) is 5.57 Å². The van der Waals surface area contributed by atoms with Crippen molar-refractivity contribution in [1.82, 2.24) is 4.57 Å². The first-order valence-electron chi connectivity index (χ1n) is 22.9. The molecule has 66 heavy (non-hydrogen) atoms. The van der Waals surface area contributed by atoms with Crippen molar-refractivity contribution in [3.63, 3.8) is 0 Å². The fourth-order valence-corrected chi connectivity index (χ4v) is 10.1. The van der Waals surface area contributed by atoms with E-state index in [1.165, 1.54) is 88.6 Å². The molecule has 2 aliphatic rings. The van der Waals surface area contributed by atoms with Gasteiger partial charge in [-0.3, -0.25) is 0 Å². The average Bonchev–Trinajstić information content (AvgIpc) is 4.26. The Bertz CT molecular complexity index is 3670. The Morgan fingerprint density at radius 3 is 1.17 bits per heavy atom. The van der Waals surface area contributed by atoms with Crippen molar-refractivity contribution >= 4 is 33.2 Å². The Balaban J connectivity index is 0.846. The minimum Gasteiger partial charge on any atom is -0.355 e. The summed E-state index contributed by atoms with van der Waals surface area (Å²) in [6, 6.07) is 88.5. The molecule has 2 heteroatoms. The van der Waals surface area contributed by atoms with Gasteiger partial charge in [0.2, 0.25) is 0 Å². The first-order chi connectivity index (χ1) is 32.6. The molecule has 1 saturated carbocycles. The number of benzene rings is 10. The van der Waals surface area contributed by atoms with E-state index in [9.17, 15) is 0 Å². The lowest BCUT2D eigenvalue weighted by atomic mass is 9.93. The first-order valence-corrected chi connectivity index (χ1v) is 22.9. The van der Waals surface area contributed by atoms with Crippen molar-refractivity contribution in [2.75, 3.05) is 5.32 Å². The molecular formula is C64H44N2. The Kier molecular flexibility index (Phi) is 8.86. The Morgan fingerprint density at radius 2 is 0.667 bits per heavy atom. The molecule has 11 aromatic rings. The molecular weight excluding hydrogens is 797 g/mol. The molecule has 10 aromatic carbocycles. The smallest absolute Gasteiger partial charge is 0.0890 e. The van der Waals surface area contributed by atoms with Crippen molar-refractivity contribution < 1.29 is 0 Å². The zero-order valence-electron chi connectivity index (χ0n) is 36.3. The van der Waals surface area contributed by atoms with E-state index in [0.717, 1.165) is 28.9 Å². The third-order valence-corrected chi connectivity index (χ3v) is 13.8. The van der Waals surface area contributed by atoms with Gasteiger partial charge in [0.1, 0.15) is 0 Å². The molecule has 0 saturated heterocycles. The van der Waals surface area contributed by atoms with Crippen LogP contribution >= 0.6 is 0 Å². The fourth-order valence-electron chi connectivity index (χ4n) is 10.1. The SMILES string of the molecule is C1=C2C[C@@]12n1c2ccc(-c3ccc(-c4cccc(-c5cc(-c6cccc(-c7ccccc7)c6)ccc5Nc5ccccc5)c4)cc3)cc2c2cc(-c3cccc(-c4ccccc4)c3)ccc21. The zero-order valence-corrected chi connectivity index (χ0v) is 36.3. The van der Waals surface area contributed by atoms with Gasteiger partial charge in [0, 0.05) is 34.1 Å². The highest BCUT2D eigenvalue weighted by atomic mass is 15.2. The van der Waals surface area contributed by atoms with Crippen LogP contribution in [-0.2, 0) is 5.54 Å². The van der Waals surface area contributed by atoms with Crippen LogP contribution in [0.1, 0.15) is 6.42 Å². The first kappa shape index (κ1) is 38.0. The summed E-state index contributed by atoms with van der Waals surface area (Å²) >= 11 is 0. The van der Waals surface area contributed by atoms with Crippen molar-refractivity contribution in [3.8, 4) is 77.9 Å². The minimum absolute atomic E-state index is 0.111. The molecule has 13 rings (SSSR count). The maximum Gasteiger partial charge on any atom is 0.0890 e. The lowest BCUT2D eigenvalue weighted by Gasteiger charge is -2.16. The second-order valence-electron chi connectivity index (χ2n) is 17.9. The third-order valence-electron chi connectivity index (χ3n) is 13.8. The van der Waals surface area contributed by atoms with E-state index in [1.807, 2.05) is 0 Å². The standard InChI is InChI=1S/C64H44N2/c1-4-13-43(14-5-1)47-17-10-20-50(35-47)53-29-32-61(65-57-23-8-3-9-24-57)58(38-53)55-22-12-19-49(37-55)45-25-27-46(28-26-45)52-30-33-62-59(39-52)60-40-54(31-34-63(60)66(62)64-41-56(64)42-64)51-21-11-18-48(36-51)44-15-6-2-7-16-44/h1-41,65H,42H2/t64-/m0/s1. The number of nitrogens with one attached hydrogen (secondary N) is 1. The second kappa shape index (κ2) is 15.4. The number of allylic oxidation sites excluding steroid dienone is 2. The van der Waals surface area contributed by atoms with E-state index < -0.39 is 0 Å². The van der Waals surface area contributed by atoms with Crippen LogP contribution in [0.5, 0.6) is 0 Å². The van der Waals surface area contributed by atoms with Crippen LogP contribution in [0, 0.1) is 0 Å².